The molecule has 0 saturated heterocycles. The van der Waals surface area contributed by atoms with Crippen molar-refractivity contribution in [2.75, 3.05) is 35.5 Å². The average molecular weight is 615 g/mol. The highest BCUT2D eigenvalue weighted by atomic mass is 16.5. The second kappa shape index (κ2) is 12.7. The van der Waals surface area contributed by atoms with Gasteiger partial charge in [0.15, 0.2) is 22.9 Å². The largest absolute Gasteiger partial charge is 0.493 e. The van der Waals surface area contributed by atoms with Crippen LogP contribution < -0.4 is 25.3 Å². The molecule has 2 aromatic heterocycles. The molecule has 5 rings (SSSR count). The number of nitrogens with zero attached hydrogens (tertiary/aromatic N) is 2. The third kappa shape index (κ3) is 5.35. The summed E-state index contributed by atoms with van der Waals surface area (Å²) in [6.07, 6.45) is 0. The van der Waals surface area contributed by atoms with Crippen molar-refractivity contribution >= 4 is 11.9 Å². The smallest absolute Gasteiger partial charge is 0.356 e. The third-order valence-corrected chi connectivity index (χ3v) is 7.26. The number of para-hydroxylation sites is 2. The van der Waals surface area contributed by atoms with Gasteiger partial charge in [-0.2, -0.15) is 0 Å². The van der Waals surface area contributed by atoms with Gasteiger partial charge in [0.2, 0.25) is 5.75 Å². The van der Waals surface area contributed by atoms with Gasteiger partial charge in [-0.3, -0.25) is 19.8 Å². The molecule has 45 heavy (non-hydrogen) atoms. The van der Waals surface area contributed by atoms with E-state index in [1.807, 2.05) is 0 Å². The Hall–Kier alpha value is -5.98. The molecule has 13 heteroatoms. The number of methoxy groups -OCH3 is 5. The molecule has 0 spiro atoms. The second-order valence-electron chi connectivity index (χ2n) is 9.63. The lowest BCUT2D eigenvalue weighted by atomic mass is 9.84. The van der Waals surface area contributed by atoms with Crippen molar-refractivity contribution in [2.45, 2.75) is 5.92 Å². The lowest BCUT2D eigenvalue weighted by molar-refractivity contribution is 0.0585. The van der Waals surface area contributed by atoms with E-state index < -0.39 is 29.0 Å². The van der Waals surface area contributed by atoms with Gasteiger partial charge in [-0.25, -0.2) is 19.0 Å². The van der Waals surface area contributed by atoms with Gasteiger partial charge in [0.25, 0.3) is 11.1 Å². The van der Waals surface area contributed by atoms with Crippen molar-refractivity contribution in [3.63, 3.8) is 0 Å². The summed E-state index contributed by atoms with van der Waals surface area (Å²) in [6, 6.07) is 20.1. The van der Waals surface area contributed by atoms with E-state index >= 15 is 0 Å². The highest BCUT2D eigenvalue weighted by Gasteiger charge is 2.38. The van der Waals surface area contributed by atoms with Crippen molar-refractivity contribution in [1.82, 2.24) is 19.6 Å². The van der Waals surface area contributed by atoms with E-state index in [1.54, 1.807) is 60.7 Å². The minimum absolute atomic E-state index is 0.179. The molecule has 0 radical (unpaired) electrons. The van der Waals surface area contributed by atoms with E-state index in [1.165, 1.54) is 33.5 Å². The lowest BCUT2D eigenvalue weighted by Crippen LogP contribution is -2.27. The van der Waals surface area contributed by atoms with Crippen LogP contribution >= 0.6 is 0 Å². The molecule has 0 unspecified atom stereocenters. The Labute approximate surface area is 256 Å². The summed E-state index contributed by atoms with van der Waals surface area (Å²) in [5.74, 6) is -2.48. The molecule has 0 aliphatic rings. The van der Waals surface area contributed by atoms with Crippen LogP contribution in [0.4, 0.5) is 0 Å². The van der Waals surface area contributed by atoms with E-state index in [9.17, 15) is 19.2 Å². The Balaban J connectivity index is 1.96. The maximum atomic E-state index is 14.4. The Morgan fingerprint density at radius 2 is 1.02 bits per heavy atom. The molecule has 0 atom stereocenters. The van der Waals surface area contributed by atoms with E-state index in [-0.39, 0.29) is 45.3 Å². The van der Waals surface area contributed by atoms with Crippen LogP contribution in [0.1, 0.15) is 43.6 Å². The molecule has 0 aliphatic carbocycles. The predicted molar refractivity (Wildman–Crippen MR) is 163 cm³/mol. The first-order chi connectivity index (χ1) is 21.8. The second-order valence-corrected chi connectivity index (χ2v) is 9.63. The fraction of sp³-hybridized carbons (Fsp3) is 0.188. The zero-order valence-corrected chi connectivity index (χ0v) is 25.1. The van der Waals surface area contributed by atoms with Crippen LogP contribution in [-0.4, -0.2) is 67.0 Å². The number of nitrogens with one attached hydrogen (secondary N) is 2. The molecule has 0 fully saturated rings. The topological polar surface area (TPSA) is 156 Å². The molecule has 13 nitrogen and oxygen atoms in total. The molecule has 2 N–H and O–H groups in total. The van der Waals surface area contributed by atoms with Gasteiger partial charge >= 0.3 is 11.9 Å². The molecular weight excluding hydrogens is 584 g/mol. The van der Waals surface area contributed by atoms with Gasteiger partial charge in [0, 0.05) is 0 Å². The SMILES string of the molecule is COC(=O)c1[nH]n(-c2ccccc2)c(=O)c1C(c1cc(OC)c(OC)c(OC)c1)c1c(C(=O)OC)[nH]n(-c2ccccc2)c1=O. The normalized spacial score (nSPS) is 10.9. The summed E-state index contributed by atoms with van der Waals surface area (Å²) in [6.45, 7) is 0. The Kier molecular flexibility index (Phi) is 8.61. The monoisotopic (exact) mass is 614 g/mol. The number of esters is 2. The molecule has 0 aliphatic heterocycles. The first kappa shape index (κ1) is 30.5. The van der Waals surface area contributed by atoms with Gasteiger partial charge < -0.3 is 23.7 Å². The van der Waals surface area contributed by atoms with E-state index in [4.69, 9.17) is 23.7 Å². The molecule has 0 saturated carbocycles. The van der Waals surface area contributed by atoms with Crippen LogP contribution in [0.25, 0.3) is 11.4 Å². The highest BCUT2D eigenvalue weighted by Crippen LogP contribution is 2.43. The predicted octanol–water partition coefficient (Wildman–Crippen LogP) is 3.42. The fourth-order valence-corrected chi connectivity index (χ4v) is 5.21. The molecule has 0 amide bonds. The van der Waals surface area contributed by atoms with E-state index in [2.05, 4.69) is 10.2 Å². The number of ether oxygens (including phenoxy) is 5. The average Bonchev–Trinajstić information content (AvgIpc) is 3.61. The van der Waals surface area contributed by atoms with Crippen molar-refractivity contribution in [3.05, 3.63) is 122 Å². The van der Waals surface area contributed by atoms with Gasteiger partial charge in [0.05, 0.1) is 64.0 Å². The van der Waals surface area contributed by atoms with Gasteiger partial charge in [0.1, 0.15) is 0 Å². The molecular formula is C32H30N4O9. The standard InChI is InChI=1S/C32H30N4O9/c1-41-21-16-18(17-22(42-2)28(21)43-3)23(24-26(31(39)44-4)33-35(29(24)37)19-12-8-6-9-13-19)25-27(32(40)45-5)34-36(30(25)38)20-14-10-7-11-15-20/h6-17,23,33-34H,1-5H3. The molecule has 232 valence electrons. The van der Waals surface area contributed by atoms with Crippen LogP contribution in [0, 0.1) is 0 Å². The van der Waals surface area contributed by atoms with E-state index in [0.717, 1.165) is 23.6 Å². The summed E-state index contributed by atoms with van der Waals surface area (Å²) in [4.78, 5) is 55.3. The summed E-state index contributed by atoms with van der Waals surface area (Å²) < 4.78 is 29.1. The quantitative estimate of drug-likeness (QED) is 0.225. The maximum Gasteiger partial charge on any atom is 0.356 e. The fourth-order valence-electron chi connectivity index (χ4n) is 5.21. The Morgan fingerprint density at radius 3 is 1.36 bits per heavy atom. The van der Waals surface area contributed by atoms with Crippen LogP contribution in [0.2, 0.25) is 0 Å². The van der Waals surface area contributed by atoms with Crippen LogP contribution in [-0.2, 0) is 9.47 Å². The third-order valence-electron chi connectivity index (χ3n) is 7.26. The van der Waals surface area contributed by atoms with Gasteiger partial charge in [-0.05, 0) is 42.0 Å². The van der Waals surface area contributed by atoms with Crippen LogP contribution in [0.3, 0.4) is 0 Å². The number of rotatable bonds is 10. The first-order valence-corrected chi connectivity index (χ1v) is 13.6. The Bertz CT molecular complexity index is 1830. The first-order valence-electron chi connectivity index (χ1n) is 13.6. The molecule has 0 bridgehead atoms. The molecule has 2 heterocycles. The summed E-state index contributed by atoms with van der Waals surface area (Å²) in [7, 11) is 6.58. The van der Waals surface area contributed by atoms with Crippen LogP contribution in [0.15, 0.2) is 82.4 Å². The zero-order valence-electron chi connectivity index (χ0n) is 25.1. The number of hydrogen-bond acceptors (Lipinski definition) is 9. The summed E-state index contributed by atoms with van der Waals surface area (Å²) in [5, 5.41) is 5.69. The van der Waals surface area contributed by atoms with E-state index in [0.29, 0.717) is 11.4 Å². The number of aromatic nitrogens is 4. The minimum atomic E-state index is -1.37. The zero-order chi connectivity index (χ0) is 32.2. The summed E-state index contributed by atoms with van der Waals surface area (Å²) >= 11 is 0. The van der Waals surface area contributed by atoms with Gasteiger partial charge in [-0.15, -0.1) is 0 Å². The summed E-state index contributed by atoms with van der Waals surface area (Å²) in [5.41, 5.74) is -1.13. The number of carbonyl (C=O) groups is 2. The van der Waals surface area contributed by atoms with Crippen molar-refractivity contribution < 1.29 is 33.3 Å². The lowest BCUT2D eigenvalue weighted by Gasteiger charge is -2.20. The number of H-pyrrole nitrogens is 2. The number of carbonyl (C=O) groups excluding carboxylic acids is 2. The maximum absolute atomic E-state index is 14.4. The molecule has 5 aromatic rings. The Morgan fingerprint density at radius 1 is 0.622 bits per heavy atom. The molecule has 3 aromatic carbocycles. The van der Waals surface area contributed by atoms with Crippen molar-refractivity contribution in [2.24, 2.45) is 0 Å². The van der Waals surface area contributed by atoms with Crippen molar-refractivity contribution in [3.8, 4) is 28.6 Å². The van der Waals surface area contributed by atoms with Gasteiger partial charge in [-0.1, -0.05) is 36.4 Å². The number of hydrogen-bond donors (Lipinski definition) is 2. The number of benzene rings is 3. The highest BCUT2D eigenvalue weighted by molar-refractivity contribution is 5.92. The number of aromatic amines is 2. The minimum Gasteiger partial charge on any atom is -0.493 e. The van der Waals surface area contributed by atoms with Crippen LogP contribution in [0.5, 0.6) is 17.2 Å². The van der Waals surface area contributed by atoms with Crippen molar-refractivity contribution in [1.29, 1.82) is 0 Å².